The Morgan fingerprint density at radius 1 is 1.50 bits per heavy atom. The van der Waals surface area contributed by atoms with Crippen LogP contribution >= 0.6 is 0 Å². The average molecular weight is 251 g/mol. The molecule has 0 saturated carbocycles. The first-order valence-corrected chi connectivity index (χ1v) is 6.50. The van der Waals surface area contributed by atoms with Crippen molar-refractivity contribution in [3.8, 4) is 0 Å². The first kappa shape index (κ1) is 13.4. The Kier molecular flexibility index (Phi) is 5.13. The van der Waals surface area contributed by atoms with Gasteiger partial charge >= 0.3 is 0 Å². The normalized spacial score (nSPS) is 19.2. The second-order valence-electron chi connectivity index (χ2n) is 3.39. The summed E-state index contributed by atoms with van der Waals surface area (Å²) in [4.78, 5) is 11.0. The Bertz CT molecular complexity index is 330. The maximum absolute atomic E-state index is 11.7. The maximum Gasteiger partial charge on any atom is 0.279 e. The van der Waals surface area contributed by atoms with Crippen molar-refractivity contribution in [3.63, 3.8) is 0 Å². The molecule has 1 aliphatic rings. The van der Waals surface area contributed by atoms with Crippen LogP contribution in [-0.4, -0.2) is 58.5 Å². The van der Waals surface area contributed by atoms with Crippen molar-refractivity contribution in [2.24, 2.45) is 0 Å². The molecule has 7 nitrogen and oxygen atoms in total. The summed E-state index contributed by atoms with van der Waals surface area (Å²) in [5.74, 6) is -0.116. The van der Waals surface area contributed by atoms with Crippen molar-refractivity contribution in [1.82, 2.24) is 14.3 Å². The third-order valence-electron chi connectivity index (χ3n) is 2.20. The van der Waals surface area contributed by atoms with E-state index in [1.54, 1.807) is 0 Å². The molecule has 0 radical (unpaired) electrons. The van der Waals surface area contributed by atoms with Crippen molar-refractivity contribution < 1.29 is 17.9 Å². The van der Waals surface area contributed by atoms with Gasteiger partial charge < -0.3 is 10.1 Å². The number of ether oxygens (including phenoxy) is 1. The third-order valence-corrected chi connectivity index (χ3v) is 3.82. The Balaban J connectivity index is 2.50. The molecule has 0 atom stereocenters. The molecule has 16 heavy (non-hydrogen) atoms. The van der Waals surface area contributed by atoms with Gasteiger partial charge in [0.05, 0.1) is 6.61 Å². The maximum atomic E-state index is 11.7. The molecule has 2 N–H and O–H groups in total. The summed E-state index contributed by atoms with van der Waals surface area (Å²) in [6, 6.07) is 0. The minimum Gasteiger partial charge on any atom is -0.383 e. The van der Waals surface area contributed by atoms with E-state index < -0.39 is 10.2 Å². The largest absolute Gasteiger partial charge is 0.383 e. The first-order valence-electron chi connectivity index (χ1n) is 5.06. The highest BCUT2D eigenvalue weighted by Crippen LogP contribution is 2.02. The molecular weight excluding hydrogens is 234 g/mol. The molecule has 0 aliphatic carbocycles. The molecule has 1 rings (SSSR count). The molecule has 1 aliphatic heterocycles. The van der Waals surface area contributed by atoms with Gasteiger partial charge in [-0.15, -0.1) is 0 Å². The van der Waals surface area contributed by atoms with Crippen molar-refractivity contribution in [2.75, 3.05) is 39.9 Å². The Morgan fingerprint density at radius 3 is 2.94 bits per heavy atom. The van der Waals surface area contributed by atoms with Crippen LogP contribution in [0.3, 0.4) is 0 Å². The average Bonchev–Trinajstić information content (AvgIpc) is 2.43. The number of nitrogens with one attached hydrogen (secondary N) is 2. The van der Waals surface area contributed by atoms with Gasteiger partial charge in [0.25, 0.3) is 10.2 Å². The highest BCUT2D eigenvalue weighted by Gasteiger charge is 2.24. The number of hydrogen-bond donors (Lipinski definition) is 2. The van der Waals surface area contributed by atoms with Crippen molar-refractivity contribution in [1.29, 1.82) is 0 Å². The number of amides is 1. The molecule has 94 valence electrons. The molecule has 0 bridgehead atoms. The molecule has 8 heteroatoms. The van der Waals surface area contributed by atoms with Crippen LogP contribution in [0.2, 0.25) is 0 Å². The zero-order chi connectivity index (χ0) is 12.0. The lowest BCUT2D eigenvalue weighted by Gasteiger charge is -2.19. The van der Waals surface area contributed by atoms with Crippen LogP contribution < -0.4 is 10.0 Å². The number of hydrogen-bond acceptors (Lipinski definition) is 4. The first-order chi connectivity index (χ1) is 7.56. The van der Waals surface area contributed by atoms with E-state index in [9.17, 15) is 13.2 Å². The fraction of sp³-hybridized carbons (Fsp3) is 0.875. The van der Waals surface area contributed by atoms with Crippen molar-refractivity contribution >= 4 is 16.1 Å². The summed E-state index contributed by atoms with van der Waals surface area (Å²) < 4.78 is 31.9. The Hall–Kier alpha value is -0.700. The number of carbonyl (C=O) groups excluding carboxylic acids is 1. The van der Waals surface area contributed by atoms with E-state index in [0.29, 0.717) is 19.7 Å². The van der Waals surface area contributed by atoms with Crippen LogP contribution in [0.15, 0.2) is 0 Å². The number of nitrogens with zero attached hydrogens (tertiary/aromatic N) is 1. The molecule has 0 aromatic rings. The summed E-state index contributed by atoms with van der Waals surface area (Å²) in [5, 5.41) is 2.62. The van der Waals surface area contributed by atoms with Gasteiger partial charge in [-0.25, -0.2) is 0 Å². The highest BCUT2D eigenvalue weighted by atomic mass is 32.2. The van der Waals surface area contributed by atoms with Crippen molar-refractivity contribution in [2.45, 2.75) is 6.42 Å². The van der Waals surface area contributed by atoms with E-state index in [4.69, 9.17) is 4.74 Å². The van der Waals surface area contributed by atoms with Crippen molar-refractivity contribution in [3.05, 3.63) is 0 Å². The molecule has 1 heterocycles. The minimum absolute atomic E-state index is 0.116. The van der Waals surface area contributed by atoms with Crippen LogP contribution in [0.5, 0.6) is 0 Å². The van der Waals surface area contributed by atoms with Crippen LogP contribution in [-0.2, 0) is 19.7 Å². The van der Waals surface area contributed by atoms with E-state index >= 15 is 0 Å². The second kappa shape index (κ2) is 6.14. The van der Waals surface area contributed by atoms with Gasteiger partial charge in [-0.05, 0) is 0 Å². The quantitative estimate of drug-likeness (QED) is 0.570. The standard InChI is InChI=1S/C8H17N3O4S/c1-15-7-4-10-16(13,14)11-5-2-8(12)9-3-6-11/h10H,2-7H2,1H3,(H,9,12). The lowest BCUT2D eigenvalue weighted by molar-refractivity contribution is -0.120. The van der Waals surface area contributed by atoms with E-state index in [0.717, 1.165) is 0 Å². The van der Waals surface area contributed by atoms with Gasteiger partial charge in [-0.1, -0.05) is 0 Å². The smallest absolute Gasteiger partial charge is 0.279 e. The van der Waals surface area contributed by atoms with Crippen LogP contribution in [0.4, 0.5) is 0 Å². The molecule has 0 aromatic carbocycles. The van der Waals surface area contributed by atoms with Gasteiger partial charge in [0.2, 0.25) is 5.91 Å². The second-order valence-corrected chi connectivity index (χ2v) is 5.15. The number of rotatable bonds is 5. The summed E-state index contributed by atoms with van der Waals surface area (Å²) >= 11 is 0. The number of methoxy groups -OCH3 is 1. The van der Waals surface area contributed by atoms with E-state index in [2.05, 4.69) is 10.0 Å². The van der Waals surface area contributed by atoms with Crippen LogP contribution in [0, 0.1) is 0 Å². The van der Waals surface area contributed by atoms with E-state index in [1.165, 1.54) is 11.4 Å². The summed E-state index contributed by atoms with van der Waals surface area (Å²) in [5.41, 5.74) is 0. The van der Waals surface area contributed by atoms with E-state index in [-0.39, 0.29) is 25.4 Å². The van der Waals surface area contributed by atoms with E-state index in [1.807, 2.05) is 0 Å². The molecular formula is C8H17N3O4S. The van der Waals surface area contributed by atoms with Gasteiger partial charge in [0.15, 0.2) is 0 Å². The van der Waals surface area contributed by atoms with Crippen LogP contribution in [0.1, 0.15) is 6.42 Å². The Labute approximate surface area is 95.3 Å². The molecule has 1 fully saturated rings. The molecule has 1 saturated heterocycles. The van der Waals surface area contributed by atoms with Gasteiger partial charge in [-0.3, -0.25) is 4.79 Å². The fourth-order valence-corrected chi connectivity index (χ4v) is 2.54. The molecule has 1 amide bonds. The lowest BCUT2D eigenvalue weighted by atomic mass is 10.4. The topological polar surface area (TPSA) is 87.7 Å². The zero-order valence-electron chi connectivity index (χ0n) is 9.23. The molecule has 0 aromatic heterocycles. The van der Waals surface area contributed by atoms with Gasteiger partial charge in [0, 0.05) is 39.7 Å². The lowest BCUT2D eigenvalue weighted by Crippen LogP contribution is -2.43. The summed E-state index contributed by atoms with van der Waals surface area (Å²) in [7, 11) is -1.99. The van der Waals surface area contributed by atoms with Gasteiger partial charge in [-0.2, -0.15) is 17.4 Å². The fourth-order valence-electron chi connectivity index (χ4n) is 1.35. The predicted molar refractivity (Wildman–Crippen MR) is 58.0 cm³/mol. The number of carbonyl (C=O) groups is 1. The highest BCUT2D eigenvalue weighted by molar-refractivity contribution is 7.87. The SMILES string of the molecule is COCCNS(=O)(=O)N1CCNC(=O)CC1. The third kappa shape index (κ3) is 4.05. The Morgan fingerprint density at radius 2 is 2.25 bits per heavy atom. The zero-order valence-corrected chi connectivity index (χ0v) is 10.0. The van der Waals surface area contributed by atoms with Gasteiger partial charge in [0.1, 0.15) is 0 Å². The minimum atomic E-state index is -3.49. The predicted octanol–water partition coefficient (Wildman–Crippen LogP) is -1.71. The monoisotopic (exact) mass is 251 g/mol. The summed E-state index contributed by atoms with van der Waals surface area (Å²) in [6.07, 6.45) is 0.200. The molecule has 0 spiro atoms. The molecule has 0 unspecified atom stereocenters. The van der Waals surface area contributed by atoms with Crippen LogP contribution in [0.25, 0.3) is 0 Å². The summed E-state index contributed by atoms with van der Waals surface area (Å²) in [6.45, 7) is 1.42.